The molecule has 2 fully saturated rings. The highest BCUT2D eigenvalue weighted by Gasteiger charge is 2.45. The summed E-state index contributed by atoms with van der Waals surface area (Å²) in [5, 5.41) is 19.9. The molecule has 1 saturated carbocycles. The largest absolute Gasteiger partial charge is 0.382 e. The number of aromatic nitrogens is 4. The van der Waals surface area contributed by atoms with E-state index in [2.05, 4.69) is 31.8 Å². The number of anilines is 1. The summed E-state index contributed by atoms with van der Waals surface area (Å²) in [6.45, 7) is 5.39. The second kappa shape index (κ2) is 19.8. The standard InChI is InChI=1S/C44H49FN8O9/c1-44(2,36(45)12-11-35(54)32-26-47-37(22-33(32)50-30-8-9-30)53-40-29(25-49-53)21-27(23-46)24-48-40)62-20-19-61-18-17-60-16-15-59-14-4-6-28-5-3-7-31-39(28)43(58)52(42(31)57)34-10-13-38(55)51-41(34)56/h3,5,7,21-22,24-26,30,34,36H,4,6,8-20H2,1-2H3,(H,47,50)(H,51,55,56). The molecule has 2 N–H and O–H groups in total. The number of nitrogens with zero attached hydrogens (tertiary/aromatic N) is 6. The SMILES string of the molecule is CC(C)(OCCOCCOCCOCCCc1cccc2c1C(=O)N(C1CCC(=O)NC1=O)C2=O)C(F)CCC(=O)c1cnc(-n2ncc3cc(C#N)cnc32)cc1NC1CC1. The summed E-state index contributed by atoms with van der Waals surface area (Å²) in [7, 11) is 0. The van der Waals surface area contributed by atoms with E-state index in [4.69, 9.17) is 18.9 Å². The number of piperidine rings is 1. The molecule has 4 amide bonds. The van der Waals surface area contributed by atoms with Crippen molar-refractivity contribution < 1.29 is 47.3 Å². The van der Waals surface area contributed by atoms with Gasteiger partial charge in [0.1, 0.15) is 18.3 Å². The van der Waals surface area contributed by atoms with Crippen LogP contribution in [-0.4, -0.2) is 124 Å². The summed E-state index contributed by atoms with van der Waals surface area (Å²) in [6.07, 6.45) is 6.26. The number of nitriles is 1. The molecule has 5 heterocycles. The van der Waals surface area contributed by atoms with Crippen LogP contribution in [-0.2, 0) is 35.0 Å². The first-order chi connectivity index (χ1) is 29.9. The lowest BCUT2D eigenvalue weighted by Gasteiger charge is -2.29. The average molecular weight is 853 g/mol. The summed E-state index contributed by atoms with van der Waals surface area (Å²) >= 11 is 0. The second-order valence-corrected chi connectivity index (χ2v) is 15.9. The van der Waals surface area contributed by atoms with E-state index in [1.165, 1.54) is 12.4 Å². The van der Waals surface area contributed by atoms with Crippen LogP contribution in [0.1, 0.15) is 101 Å². The van der Waals surface area contributed by atoms with Gasteiger partial charge in [-0.3, -0.25) is 34.2 Å². The molecular formula is C44H49FN8O9. The number of pyridine rings is 2. The van der Waals surface area contributed by atoms with Crippen molar-refractivity contribution in [3.63, 3.8) is 0 Å². The summed E-state index contributed by atoms with van der Waals surface area (Å²) in [4.78, 5) is 73.5. The van der Waals surface area contributed by atoms with E-state index in [-0.39, 0.29) is 56.3 Å². The first-order valence-electron chi connectivity index (χ1n) is 20.8. The number of benzene rings is 1. The highest BCUT2D eigenvalue weighted by atomic mass is 19.1. The van der Waals surface area contributed by atoms with E-state index < -0.39 is 41.4 Å². The number of aryl methyl sites for hydroxylation is 1. The first-order valence-corrected chi connectivity index (χ1v) is 20.8. The Labute approximate surface area is 357 Å². The predicted molar refractivity (Wildman–Crippen MR) is 220 cm³/mol. The Morgan fingerprint density at radius 1 is 0.968 bits per heavy atom. The van der Waals surface area contributed by atoms with Crippen molar-refractivity contribution in [2.75, 3.05) is 51.6 Å². The molecule has 0 radical (unpaired) electrons. The first kappa shape index (κ1) is 44.1. The monoisotopic (exact) mass is 852 g/mol. The molecule has 3 aliphatic rings. The number of ether oxygens (including phenoxy) is 4. The van der Waals surface area contributed by atoms with Crippen LogP contribution in [0.3, 0.4) is 0 Å². The molecule has 3 aromatic heterocycles. The molecule has 1 aliphatic carbocycles. The Hall–Kier alpha value is -6.00. The fourth-order valence-electron chi connectivity index (χ4n) is 7.39. The van der Waals surface area contributed by atoms with Gasteiger partial charge in [0.25, 0.3) is 11.8 Å². The van der Waals surface area contributed by atoms with Gasteiger partial charge in [0.05, 0.1) is 79.4 Å². The molecule has 18 heteroatoms. The Morgan fingerprint density at radius 3 is 2.44 bits per heavy atom. The van der Waals surface area contributed by atoms with Crippen LogP contribution < -0.4 is 10.6 Å². The molecule has 2 atom stereocenters. The molecule has 0 spiro atoms. The van der Waals surface area contributed by atoms with Gasteiger partial charge in [0.2, 0.25) is 11.8 Å². The Bertz CT molecular complexity index is 2380. The molecule has 17 nitrogen and oxygen atoms in total. The summed E-state index contributed by atoms with van der Waals surface area (Å²) in [5.41, 5.74) is 2.01. The highest BCUT2D eigenvalue weighted by Crippen LogP contribution is 2.32. The summed E-state index contributed by atoms with van der Waals surface area (Å²) in [6, 6.07) is 9.81. The smallest absolute Gasteiger partial charge is 0.262 e. The second-order valence-electron chi connectivity index (χ2n) is 15.9. The number of fused-ring (bicyclic) bond motifs is 2. The molecule has 1 saturated heterocycles. The van der Waals surface area contributed by atoms with Gasteiger partial charge in [-0.25, -0.2) is 14.4 Å². The van der Waals surface area contributed by atoms with Crippen LogP contribution in [0.4, 0.5) is 10.1 Å². The fourth-order valence-corrected chi connectivity index (χ4v) is 7.39. The van der Waals surface area contributed by atoms with E-state index >= 15 is 4.39 Å². The Morgan fingerprint density at radius 2 is 1.71 bits per heavy atom. The van der Waals surface area contributed by atoms with Crippen molar-refractivity contribution in [1.82, 2.24) is 30.0 Å². The van der Waals surface area contributed by atoms with Crippen LogP contribution in [0.15, 0.2) is 48.9 Å². The van der Waals surface area contributed by atoms with Gasteiger partial charge in [0.15, 0.2) is 17.2 Å². The molecule has 1 aromatic carbocycles. The number of rotatable bonds is 23. The number of halogens is 1. The molecule has 326 valence electrons. The van der Waals surface area contributed by atoms with E-state index in [1.54, 1.807) is 55.1 Å². The fraction of sp³-hybridized carbons (Fsp3) is 0.477. The van der Waals surface area contributed by atoms with Crippen molar-refractivity contribution in [3.05, 3.63) is 76.7 Å². The zero-order chi connectivity index (χ0) is 43.8. The molecule has 2 aliphatic heterocycles. The third kappa shape index (κ3) is 10.4. The maximum Gasteiger partial charge on any atom is 0.262 e. The van der Waals surface area contributed by atoms with Crippen LogP contribution >= 0.6 is 0 Å². The molecular weight excluding hydrogens is 804 g/mol. The predicted octanol–water partition coefficient (Wildman–Crippen LogP) is 4.44. The van der Waals surface area contributed by atoms with Gasteiger partial charge in [0, 0.05) is 49.3 Å². The molecule has 62 heavy (non-hydrogen) atoms. The zero-order valence-electron chi connectivity index (χ0n) is 34.7. The molecule has 0 bridgehead atoms. The molecule has 7 rings (SSSR count). The Kier molecular flexibility index (Phi) is 14.1. The zero-order valence-corrected chi connectivity index (χ0v) is 34.7. The lowest BCUT2D eigenvalue weighted by atomic mass is 9.96. The number of carbonyl (C=O) groups is 5. The van der Waals surface area contributed by atoms with Crippen LogP contribution in [0.5, 0.6) is 0 Å². The van der Waals surface area contributed by atoms with E-state index in [1.807, 2.05) is 0 Å². The van der Waals surface area contributed by atoms with Gasteiger partial charge in [-0.2, -0.15) is 15.0 Å². The molecule has 2 unspecified atom stereocenters. The van der Waals surface area contributed by atoms with Crippen LogP contribution in [0, 0.1) is 11.3 Å². The van der Waals surface area contributed by atoms with E-state index in [0.29, 0.717) is 90.7 Å². The normalized spacial score (nSPS) is 17.0. The maximum absolute atomic E-state index is 15.5. The number of imide groups is 2. The van der Waals surface area contributed by atoms with Gasteiger partial charge in [-0.1, -0.05) is 12.1 Å². The van der Waals surface area contributed by atoms with Gasteiger partial charge in [-0.05, 0) is 70.1 Å². The minimum Gasteiger partial charge on any atom is -0.382 e. The van der Waals surface area contributed by atoms with Crippen molar-refractivity contribution in [1.29, 1.82) is 5.26 Å². The average Bonchev–Trinajstić information content (AvgIpc) is 3.92. The lowest BCUT2D eigenvalue weighted by molar-refractivity contribution is -0.136. The van der Waals surface area contributed by atoms with Crippen molar-refractivity contribution >= 4 is 46.1 Å². The third-order valence-electron chi connectivity index (χ3n) is 11.0. The van der Waals surface area contributed by atoms with Crippen LogP contribution in [0.25, 0.3) is 16.9 Å². The minimum atomic E-state index is -1.42. The topological polar surface area (TPSA) is 217 Å². The number of hydrogen-bond donors (Lipinski definition) is 2. The van der Waals surface area contributed by atoms with Gasteiger partial charge < -0.3 is 24.3 Å². The molecule has 4 aromatic rings. The summed E-state index contributed by atoms with van der Waals surface area (Å²) < 4.78 is 39.7. The van der Waals surface area contributed by atoms with Crippen LogP contribution in [0.2, 0.25) is 0 Å². The van der Waals surface area contributed by atoms with Crippen molar-refractivity contribution in [3.8, 4) is 11.9 Å². The minimum absolute atomic E-state index is 0.0394. The highest BCUT2D eigenvalue weighted by molar-refractivity contribution is 6.24. The number of ketones is 1. The van der Waals surface area contributed by atoms with Crippen molar-refractivity contribution in [2.24, 2.45) is 0 Å². The van der Waals surface area contributed by atoms with Gasteiger partial charge in [-0.15, -0.1) is 0 Å². The van der Waals surface area contributed by atoms with E-state index in [0.717, 1.165) is 17.7 Å². The van der Waals surface area contributed by atoms with Gasteiger partial charge >= 0.3 is 0 Å². The summed E-state index contributed by atoms with van der Waals surface area (Å²) in [5.74, 6) is -1.90. The van der Waals surface area contributed by atoms with E-state index in [9.17, 15) is 29.2 Å². The number of carbonyl (C=O) groups excluding carboxylic acids is 5. The third-order valence-corrected chi connectivity index (χ3v) is 11.0. The number of amides is 4. The quantitative estimate of drug-likeness (QED) is 0.0600. The lowest BCUT2D eigenvalue weighted by Crippen LogP contribution is -2.54. The number of Topliss-reactive ketones (excluding diaryl/α,β-unsaturated/α-hetero) is 1. The Balaban J connectivity index is 0.756. The number of alkyl halides is 1. The number of nitrogens with one attached hydrogen (secondary N) is 2. The maximum atomic E-state index is 15.5. The van der Waals surface area contributed by atoms with Crippen molar-refractivity contribution in [2.45, 2.75) is 89.1 Å². The number of hydrogen-bond acceptors (Lipinski definition) is 14.